The monoisotopic (exact) mass is 211 g/mol. The van der Waals surface area contributed by atoms with Gasteiger partial charge in [0.25, 0.3) is 0 Å². The largest absolute Gasteiger partial charge is 0.279 e. The molecule has 74 valence electrons. The molecule has 1 aliphatic heterocycles. The van der Waals surface area contributed by atoms with Gasteiger partial charge >= 0.3 is 0 Å². The molecule has 1 aromatic heterocycles. The van der Waals surface area contributed by atoms with Gasteiger partial charge in [0.05, 0.1) is 5.38 Å². The van der Waals surface area contributed by atoms with Gasteiger partial charge in [-0.25, -0.2) is 9.97 Å². The molecule has 1 amide bonds. The third kappa shape index (κ3) is 1.70. The van der Waals surface area contributed by atoms with E-state index in [1.165, 1.54) is 4.90 Å². The molecule has 0 radical (unpaired) electrons. The zero-order chi connectivity index (χ0) is 10.1. The zero-order valence-corrected chi connectivity index (χ0v) is 8.53. The minimum atomic E-state index is -0.119. The van der Waals surface area contributed by atoms with Gasteiger partial charge < -0.3 is 0 Å². The average molecular weight is 212 g/mol. The molecule has 0 N–H and O–H groups in total. The second-order valence-electron chi connectivity index (χ2n) is 3.30. The fourth-order valence-electron chi connectivity index (χ4n) is 1.42. The highest BCUT2D eigenvalue weighted by Crippen LogP contribution is 2.20. The van der Waals surface area contributed by atoms with E-state index in [0.29, 0.717) is 18.9 Å². The number of nitrogens with zero attached hydrogens (tertiary/aromatic N) is 3. The lowest BCUT2D eigenvalue weighted by Crippen LogP contribution is -2.26. The van der Waals surface area contributed by atoms with Gasteiger partial charge in [-0.05, 0) is 13.0 Å². The third-order valence-corrected chi connectivity index (χ3v) is 2.39. The van der Waals surface area contributed by atoms with Crippen molar-refractivity contribution < 1.29 is 4.79 Å². The highest BCUT2D eigenvalue weighted by atomic mass is 35.5. The minimum absolute atomic E-state index is 0.00407. The van der Waals surface area contributed by atoms with E-state index in [2.05, 4.69) is 9.97 Å². The number of hydrogen-bond donors (Lipinski definition) is 0. The van der Waals surface area contributed by atoms with Crippen molar-refractivity contribution in [3.8, 4) is 0 Å². The number of aromatic nitrogens is 2. The van der Waals surface area contributed by atoms with Crippen molar-refractivity contribution in [2.75, 3.05) is 11.4 Å². The Labute approximate surface area is 86.9 Å². The van der Waals surface area contributed by atoms with Crippen molar-refractivity contribution in [2.24, 2.45) is 0 Å². The Morgan fingerprint density at radius 1 is 1.64 bits per heavy atom. The summed E-state index contributed by atoms with van der Waals surface area (Å²) in [5, 5.41) is -0.119. The molecule has 2 rings (SSSR count). The Balaban J connectivity index is 2.27. The maximum absolute atomic E-state index is 11.5. The van der Waals surface area contributed by atoms with E-state index in [4.69, 9.17) is 11.6 Å². The number of halogens is 1. The Kier molecular flexibility index (Phi) is 2.37. The van der Waals surface area contributed by atoms with Gasteiger partial charge in [0.1, 0.15) is 0 Å². The molecule has 4 nitrogen and oxygen atoms in total. The van der Waals surface area contributed by atoms with Gasteiger partial charge in [-0.1, -0.05) is 0 Å². The summed E-state index contributed by atoms with van der Waals surface area (Å²) in [7, 11) is 0. The van der Waals surface area contributed by atoms with Gasteiger partial charge in [0, 0.05) is 24.9 Å². The number of amides is 1. The molecule has 1 saturated heterocycles. The number of carbonyl (C=O) groups excluding carboxylic acids is 1. The molecule has 14 heavy (non-hydrogen) atoms. The molecule has 0 saturated carbocycles. The number of alkyl halides is 1. The van der Waals surface area contributed by atoms with Crippen LogP contribution in [0.2, 0.25) is 0 Å². The van der Waals surface area contributed by atoms with Crippen LogP contribution < -0.4 is 4.90 Å². The molecule has 1 unspecified atom stereocenters. The molecular formula is C9H10ClN3O. The highest BCUT2D eigenvalue weighted by Gasteiger charge is 2.30. The van der Waals surface area contributed by atoms with Crippen LogP contribution in [0.3, 0.4) is 0 Å². The van der Waals surface area contributed by atoms with Crippen molar-refractivity contribution in [3.63, 3.8) is 0 Å². The lowest BCUT2D eigenvalue weighted by molar-refractivity contribution is -0.117. The van der Waals surface area contributed by atoms with Crippen LogP contribution in [0.15, 0.2) is 12.3 Å². The SMILES string of the molecule is Cc1ccnc(N2CC(Cl)CC2=O)n1. The quantitative estimate of drug-likeness (QED) is 0.655. The summed E-state index contributed by atoms with van der Waals surface area (Å²) in [4.78, 5) is 21.2. The number of anilines is 1. The molecule has 0 aromatic carbocycles. The Bertz CT molecular complexity index is 369. The Hall–Kier alpha value is -1.16. The van der Waals surface area contributed by atoms with E-state index in [-0.39, 0.29) is 11.3 Å². The van der Waals surface area contributed by atoms with Crippen LogP contribution in [0.4, 0.5) is 5.95 Å². The van der Waals surface area contributed by atoms with Crippen molar-refractivity contribution in [3.05, 3.63) is 18.0 Å². The van der Waals surface area contributed by atoms with E-state index in [9.17, 15) is 4.79 Å². The van der Waals surface area contributed by atoms with Crippen LogP contribution in [0.1, 0.15) is 12.1 Å². The third-order valence-electron chi connectivity index (χ3n) is 2.10. The van der Waals surface area contributed by atoms with E-state index < -0.39 is 0 Å². The maximum Gasteiger partial charge on any atom is 0.232 e. The lowest BCUT2D eigenvalue weighted by atomic mass is 10.4. The summed E-state index contributed by atoms with van der Waals surface area (Å²) in [6, 6.07) is 1.79. The van der Waals surface area contributed by atoms with E-state index >= 15 is 0 Å². The molecule has 2 heterocycles. The summed E-state index contributed by atoms with van der Waals surface area (Å²) >= 11 is 5.87. The van der Waals surface area contributed by atoms with Crippen LogP contribution in [-0.2, 0) is 4.79 Å². The Morgan fingerprint density at radius 2 is 2.43 bits per heavy atom. The van der Waals surface area contributed by atoms with Gasteiger partial charge in [-0.3, -0.25) is 9.69 Å². The molecule has 5 heteroatoms. The summed E-state index contributed by atoms with van der Waals surface area (Å²) < 4.78 is 0. The molecule has 1 aliphatic rings. The van der Waals surface area contributed by atoms with E-state index in [1.54, 1.807) is 12.3 Å². The second kappa shape index (κ2) is 3.53. The van der Waals surface area contributed by atoms with E-state index in [0.717, 1.165) is 5.69 Å². The molecule has 1 fully saturated rings. The predicted octanol–water partition coefficient (Wildman–Crippen LogP) is 1.13. The number of aryl methyl sites for hydroxylation is 1. The lowest BCUT2D eigenvalue weighted by Gasteiger charge is -2.12. The van der Waals surface area contributed by atoms with Gasteiger partial charge in [0.2, 0.25) is 11.9 Å². The van der Waals surface area contributed by atoms with Gasteiger partial charge in [-0.15, -0.1) is 11.6 Å². The predicted molar refractivity (Wildman–Crippen MR) is 53.4 cm³/mol. The minimum Gasteiger partial charge on any atom is -0.279 e. The van der Waals surface area contributed by atoms with Crippen LogP contribution in [0.5, 0.6) is 0 Å². The smallest absolute Gasteiger partial charge is 0.232 e. The highest BCUT2D eigenvalue weighted by molar-refractivity contribution is 6.24. The summed E-state index contributed by atoms with van der Waals surface area (Å²) in [6.07, 6.45) is 2.02. The maximum atomic E-state index is 11.5. The topological polar surface area (TPSA) is 46.1 Å². The first kappa shape index (κ1) is 9.40. The molecule has 1 atom stereocenters. The van der Waals surface area contributed by atoms with Crippen LogP contribution >= 0.6 is 11.6 Å². The summed E-state index contributed by atoms with van der Waals surface area (Å²) in [5.41, 5.74) is 0.848. The van der Waals surface area contributed by atoms with Gasteiger partial charge in [-0.2, -0.15) is 0 Å². The van der Waals surface area contributed by atoms with Crippen LogP contribution in [0.25, 0.3) is 0 Å². The fraction of sp³-hybridized carbons (Fsp3) is 0.444. The van der Waals surface area contributed by atoms with Crippen molar-refractivity contribution >= 4 is 23.5 Å². The number of carbonyl (C=O) groups is 1. The second-order valence-corrected chi connectivity index (χ2v) is 3.92. The zero-order valence-electron chi connectivity index (χ0n) is 7.77. The van der Waals surface area contributed by atoms with E-state index in [1.807, 2.05) is 6.92 Å². The first-order valence-corrected chi connectivity index (χ1v) is 4.84. The molecule has 0 aliphatic carbocycles. The first-order valence-electron chi connectivity index (χ1n) is 4.41. The molecule has 1 aromatic rings. The van der Waals surface area contributed by atoms with Crippen molar-refractivity contribution in [1.29, 1.82) is 0 Å². The van der Waals surface area contributed by atoms with Crippen molar-refractivity contribution in [1.82, 2.24) is 9.97 Å². The molecule has 0 spiro atoms. The van der Waals surface area contributed by atoms with Crippen LogP contribution in [-0.4, -0.2) is 27.8 Å². The van der Waals surface area contributed by atoms with Crippen LogP contribution in [0, 0.1) is 6.92 Å². The summed E-state index contributed by atoms with van der Waals surface area (Å²) in [5.74, 6) is 0.453. The fourth-order valence-corrected chi connectivity index (χ4v) is 1.69. The van der Waals surface area contributed by atoms with Gasteiger partial charge in [0.15, 0.2) is 0 Å². The van der Waals surface area contributed by atoms with Crippen molar-refractivity contribution in [2.45, 2.75) is 18.7 Å². The molecule has 0 bridgehead atoms. The Morgan fingerprint density at radius 3 is 3.00 bits per heavy atom. The normalized spacial score (nSPS) is 21.7. The number of rotatable bonds is 1. The average Bonchev–Trinajstić information content (AvgIpc) is 2.45. The summed E-state index contributed by atoms with van der Waals surface area (Å²) in [6.45, 7) is 2.37. The molecular weight excluding hydrogens is 202 g/mol. The number of hydrogen-bond acceptors (Lipinski definition) is 3. The standard InChI is InChI=1S/C9H10ClN3O/c1-6-2-3-11-9(12-6)13-5-7(10)4-8(13)14/h2-3,7H,4-5H2,1H3. The first-order chi connectivity index (χ1) is 6.66.